The van der Waals surface area contributed by atoms with E-state index in [1.165, 1.54) is 36.6 Å². The number of carbonyl (C=O) groups excluding carboxylic acids is 1. The summed E-state index contributed by atoms with van der Waals surface area (Å²) in [5, 5.41) is 25.4. The van der Waals surface area contributed by atoms with Gasteiger partial charge in [-0.2, -0.15) is 5.10 Å². The minimum absolute atomic E-state index is 0.0681. The van der Waals surface area contributed by atoms with Gasteiger partial charge in [0.05, 0.1) is 29.8 Å². The summed E-state index contributed by atoms with van der Waals surface area (Å²) in [6.45, 7) is 0.218. The van der Waals surface area contributed by atoms with E-state index in [-0.39, 0.29) is 24.3 Å². The molecular weight excluding hydrogens is 542 g/mol. The number of hydrogen-bond donors (Lipinski definition) is 2. The molecule has 4 rings (SSSR count). The van der Waals surface area contributed by atoms with Crippen LogP contribution in [0, 0.1) is 21.7 Å². The Labute approximate surface area is 232 Å². The lowest BCUT2D eigenvalue weighted by molar-refractivity contribution is -0.384. The highest BCUT2D eigenvalue weighted by Crippen LogP contribution is 2.42. The Kier molecular flexibility index (Phi) is 8.97. The van der Waals surface area contributed by atoms with Crippen LogP contribution >= 0.6 is 11.3 Å². The number of nitrogens with zero attached hydrogens (tertiary/aromatic N) is 4. The number of non-ortho nitro benzene ring substituents is 1. The Morgan fingerprint density at radius 2 is 1.73 bits per heavy atom. The topological polar surface area (TPSA) is 123 Å². The second-order valence-electron chi connectivity index (χ2n) is 8.96. The summed E-state index contributed by atoms with van der Waals surface area (Å²) in [5.41, 5.74) is 1.87. The zero-order valence-corrected chi connectivity index (χ0v) is 22.7. The average molecular weight is 569 g/mol. The van der Waals surface area contributed by atoms with Gasteiger partial charge >= 0.3 is 0 Å². The lowest BCUT2D eigenvalue weighted by Crippen LogP contribution is -2.26. The first kappa shape index (κ1) is 28.5. The van der Waals surface area contributed by atoms with Crippen molar-refractivity contribution in [1.82, 2.24) is 20.4 Å². The van der Waals surface area contributed by atoms with Crippen LogP contribution in [0.2, 0.25) is 0 Å². The molecule has 0 aliphatic rings. The quantitative estimate of drug-likeness (QED) is 0.191. The molecule has 0 spiro atoms. The van der Waals surface area contributed by atoms with E-state index < -0.39 is 22.5 Å². The summed E-state index contributed by atoms with van der Waals surface area (Å²) in [4.78, 5) is 26.9. The average Bonchev–Trinajstić information content (AvgIpc) is 3.29. The number of nitro groups is 1. The van der Waals surface area contributed by atoms with E-state index >= 15 is 0 Å². The lowest BCUT2D eigenvalue weighted by atomic mass is 10.0. The van der Waals surface area contributed by atoms with Gasteiger partial charge in [0.1, 0.15) is 16.6 Å². The molecule has 208 valence electrons. The second-order valence-corrected chi connectivity index (χ2v) is 9.98. The van der Waals surface area contributed by atoms with Crippen LogP contribution in [0.5, 0.6) is 5.88 Å². The van der Waals surface area contributed by atoms with Crippen molar-refractivity contribution in [2.75, 3.05) is 26.5 Å². The molecule has 0 bridgehead atoms. The third-order valence-corrected chi connectivity index (χ3v) is 7.11. The van der Waals surface area contributed by atoms with Crippen molar-refractivity contribution < 1.29 is 23.2 Å². The van der Waals surface area contributed by atoms with Crippen molar-refractivity contribution in [1.29, 1.82) is 0 Å². The summed E-state index contributed by atoms with van der Waals surface area (Å²) in [6, 6.07) is 12.9. The molecule has 0 aliphatic carbocycles. The van der Waals surface area contributed by atoms with E-state index in [1.807, 2.05) is 19.0 Å². The number of carbonyl (C=O) groups is 1. The molecule has 2 aromatic heterocycles. The first-order chi connectivity index (χ1) is 19.2. The number of rotatable bonds is 11. The highest BCUT2D eigenvalue weighted by atomic mass is 32.1. The van der Waals surface area contributed by atoms with E-state index in [0.717, 1.165) is 12.1 Å². The Hall–Kier alpha value is -4.49. The molecule has 10 nitrogen and oxygen atoms in total. The van der Waals surface area contributed by atoms with E-state index in [2.05, 4.69) is 20.8 Å². The van der Waals surface area contributed by atoms with Crippen LogP contribution in [-0.4, -0.2) is 47.1 Å². The van der Waals surface area contributed by atoms with Crippen molar-refractivity contribution in [3.05, 3.63) is 98.7 Å². The van der Waals surface area contributed by atoms with Crippen LogP contribution in [0.25, 0.3) is 10.4 Å². The molecular formula is C27H26F2N6O4S. The molecule has 1 amide bonds. The molecule has 0 saturated heterocycles. The SMILES string of the molecule is COc1ccc(CNC(=O)c2c(NCc3c(F)cccc3F)sc(-c3ccc([N+](=O)[O-])cc3)c2CN(C)C)nn1. The molecule has 2 heterocycles. The van der Waals surface area contributed by atoms with Gasteiger partial charge in [0, 0.05) is 41.7 Å². The van der Waals surface area contributed by atoms with Crippen molar-refractivity contribution in [3.8, 4) is 16.3 Å². The first-order valence-corrected chi connectivity index (χ1v) is 12.9. The first-order valence-electron chi connectivity index (χ1n) is 12.0. The Bertz CT molecular complexity index is 1490. The van der Waals surface area contributed by atoms with Gasteiger partial charge in [0.25, 0.3) is 11.6 Å². The Morgan fingerprint density at radius 1 is 1.02 bits per heavy atom. The number of nitro benzene ring substituents is 1. The van der Waals surface area contributed by atoms with E-state index in [1.54, 1.807) is 24.3 Å². The van der Waals surface area contributed by atoms with Gasteiger partial charge in [-0.05, 0) is 55.6 Å². The molecule has 0 unspecified atom stereocenters. The maximum atomic E-state index is 14.4. The summed E-state index contributed by atoms with van der Waals surface area (Å²) < 4.78 is 33.7. The molecule has 0 radical (unpaired) electrons. The minimum Gasteiger partial charge on any atom is -0.480 e. The highest BCUT2D eigenvalue weighted by molar-refractivity contribution is 7.20. The second kappa shape index (κ2) is 12.6. The van der Waals surface area contributed by atoms with Gasteiger partial charge in [-0.25, -0.2) is 8.78 Å². The van der Waals surface area contributed by atoms with Gasteiger partial charge in [-0.15, -0.1) is 16.4 Å². The number of ether oxygens (including phenoxy) is 1. The third-order valence-electron chi connectivity index (χ3n) is 5.87. The van der Waals surface area contributed by atoms with E-state index in [4.69, 9.17) is 4.74 Å². The van der Waals surface area contributed by atoms with Crippen LogP contribution in [0.4, 0.5) is 19.5 Å². The van der Waals surface area contributed by atoms with Crippen LogP contribution in [0.3, 0.4) is 0 Å². The monoisotopic (exact) mass is 568 g/mol. The van der Waals surface area contributed by atoms with Gasteiger partial charge in [0.2, 0.25) is 5.88 Å². The summed E-state index contributed by atoms with van der Waals surface area (Å²) in [6.07, 6.45) is 0. The number of nitrogens with one attached hydrogen (secondary N) is 2. The van der Waals surface area contributed by atoms with Crippen molar-refractivity contribution >= 4 is 27.9 Å². The molecule has 0 atom stereocenters. The number of hydrogen-bond acceptors (Lipinski definition) is 9. The fourth-order valence-corrected chi connectivity index (χ4v) is 5.15. The predicted octanol–water partition coefficient (Wildman–Crippen LogP) is 5.00. The molecule has 0 fully saturated rings. The molecule has 13 heteroatoms. The maximum absolute atomic E-state index is 14.4. The zero-order chi connectivity index (χ0) is 28.8. The summed E-state index contributed by atoms with van der Waals surface area (Å²) >= 11 is 1.22. The minimum atomic E-state index is -0.711. The molecule has 0 saturated carbocycles. The lowest BCUT2D eigenvalue weighted by Gasteiger charge is -2.15. The van der Waals surface area contributed by atoms with E-state index in [0.29, 0.717) is 44.7 Å². The zero-order valence-electron chi connectivity index (χ0n) is 21.9. The molecule has 2 aromatic carbocycles. The number of halogens is 2. The normalized spacial score (nSPS) is 10.9. The summed E-state index contributed by atoms with van der Waals surface area (Å²) in [7, 11) is 5.15. The summed E-state index contributed by atoms with van der Waals surface area (Å²) in [5.74, 6) is -1.52. The number of amides is 1. The predicted molar refractivity (Wildman–Crippen MR) is 147 cm³/mol. The largest absolute Gasteiger partial charge is 0.480 e. The molecule has 4 aromatic rings. The van der Waals surface area contributed by atoms with Crippen LogP contribution in [-0.2, 0) is 19.6 Å². The number of anilines is 1. The Morgan fingerprint density at radius 3 is 2.30 bits per heavy atom. The van der Waals surface area contributed by atoms with Crippen molar-refractivity contribution in [2.45, 2.75) is 19.6 Å². The third kappa shape index (κ3) is 6.55. The van der Waals surface area contributed by atoms with Crippen LogP contribution < -0.4 is 15.4 Å². The number of thiophene rings is 1. The van der Waals surface area contributed by atoms with Gasteiger partial charge in [-0.1, -0.05) is 6.07 Å². The molecule has 40 heavy (non-hydrogen) atoms. The smallest absolute Gasteiger partial charge is 0.269 e. The number of aromatic nitrogens is 2. The number of methoxy groups -OCH3 is 1. The van der Waals surface area contributed by atoms with Crippen LogP contribution in [0.15, 0.2) is 54.6 Å². The number of benzene rings is 2. The van der Waals surface area contributed by atoms with Gasteiger partial charge < -0.3 is 20.3 Å². The van der Waals surface area contributed by atoms with Crippen LogP contribution in [0.1, 0.15) is 27.2 Å². The highest BCUT2D eigenvalue weighted by Gasteiger charge is 2.26. The van der Waals surface area contributed by atoms with Gasteiger partial charge in [-0.3, -0.25) is 14.9 Å². The van der Waals surface area contributed by atoms with Crippen molar-refractivity contribution in [2.24, 2.45) is 0 Å². The molecule has 0 aliphatic heterocycles. The fraction of sp³-hybridized carbons (Fsp3) is 0.222. The maximum Gasteiger partial charge on any atom is 0.269 e. The van der Waals surface area contributed by atoms with Gasteiger partial charge in [0.15, 0.2) is 0 Å². The standard InChI is InChI=1S/C27H26F2N6O4S/c1-34(2)15-20-24(26(36)30-13-17-9-12-23(39-3)33-32-17)27(31-14-19-21(28)5-4-6-22(19)29)40-25(20)16-7-10-18(11-8-16)35(37)38/h4-12,31H,13-15H2,1-3H3,(H,30,36). The Balaban J connectivity index is 1.74. The molecule has 2 N–H and O–H groups in total. The fourth-order valence-electron chi connectivity index (χ4n) is 3.94. The van der Waals surface area contributed by atoms with Crippen molar-refractivity contribution in [3.63, 3.8) is 0 Å². The van der Waals surface area contributed by atoms with E-state index in [9.17, 15) is 23.7 Å².